The Kier molecular flexibility index (Phi) is 7.34. The van der Waals surface area contributed by atoms with Gasteiger partial charge in [0.15, 0.2) is 6.61 Å². The highest BCUT2D eigenvalue weighted by Gasteiger charge is 2.10. The minimum Gasteiger partial charge on any atom is -0.456 e. The molecule has 1 N–H and O–H groups in total. The van der Waals surface area contributed by atoms with E-state index in [1.807, 2.05) is 44.2 Å². The summed E-state index contributed by atoms with van der Waals surface area (Å²) in [5, 5.41) is 3.44. The van der Waals surface area contributed by atoms with Crippen molar-refractivity contribution in [2.45, 2.75) is 25.2 Å². The highest BCUT2D eigenvalue weighted by molar-refractivity contribution is 7.99. The summed E-state index contributed by atoms with van der Waals surface area (Å²) in [6, 6.07) is 13.1. The number of ether oxygens (including phenoxy) is 1. The van der Waals surface area contributed by atoms with E-state index in [9.17, 15) is 9.59 Å². The summed E-state index contributed by atoms with van der Waals surface area (Å²) in [5.41, 5.74) is 2.83. The molecule has 0 bridgehead atoms. The standard InChI is InChI=1S/C19H20ClNO3S/c1-13-4-3-5-17(14(13)2)21-18(22)12-24-19(23)10-11-25-16-8-6-15(20)7-9-16/h3-9H,10-12H2,1-2H3,(H,21,22). The van der Waals surface area contributed by atoms with E-state index in [0.29, 0.717) is 10.8 Å². The molecule has 1 amide bonds. The normalized spacial score (nSPS) is 10.4. The number of carbonyl (C=O) groups is 2. The topological polar surface area (TPSA) is 55.4 Å². The van der Waals surface area contributed by atoms with Gasteiger partial charge >= 0.3 is 5.97 Å². The third-order valence-electron chi connectivity index (χ3n) is 3.63. The molecule has 2 aromatic carbocycles. The number of benzene rings is 2. The Hall–Kier alpha value is -1.98. The molecule has 25 heavy (non-hydrogen) atoms. The number of carbonyl (C=O) groups excluding carboxylic acids is 2. The Labute approximate surface area is 156 Å². The number of hydrogen-bond donors (Lipinski definition) is 1. The van der Waals surface area contributed by atoms with Gasteiger partial charge in [-0.25, -0.2) is 0 Å². The fourth-order valence-corrected chi connectivity index (χ4v) is 3.03. The molecule has 6 heteroatoms. The third-order valence-corrected chi connectivity index (χ3v) is 4.90. The van der Waals surface area contributed by atoms with E-state index in [0.717, 1.165) is 21.7 Å². The molecular formula is C19H20ClNO3S. The number of anilines is 1. The van der Waals surface area contributed by atoms with Crippen LogP contribution in [0.15, 0.2) is 47.4 Å². The van der Waals surface area contributed by atoms with Crippen molar-refractivity contribution in [1.82, 2.24) is 0 Å². The SMILES string of the molecule is Cc1cccc(NC(=O)COC(=O)CCSc2ccc(Cl)cc2)c1C. The second kappa shape index (κ2) is 9.49. The second-order valence-corrected chi connectivity index (χ2v) is 7.11. The maximum Gasteiger partial charge on any atom is 0.307 e. The van der Waals surface area contributed by atoms with Crippen LogP contribution in [0.3, 0.4) is 0 Å². The highest BCUT2D eigenvalue weighted by Crippen LogP contribution is 2.21. The average molecular weight is 378 g/mol. The van der Waals surface area contributed by atoms with Crippen LogP contribution in [0.25, 0.3) is 0 Å². The average Bonchev–Trinajstić information content (AvgIpc) is 2.59. The molecule has 0 unspecified atom stereocenters. The van der Waals surface area contributed by atoms with Crippen LogP contribution in [-0.2, 0) is 14.3 Å². The lowest BCUT2D eigenvalue weighted by Gasteiger charge is -2.10. The van der Waals surface area contributed by atoms with E-state index in [-0.39, 0.29) is 18.9 Å². The lowest BCUT2D eigenvalue weighted by atomic mass is 10.1. The predicted octanol–water partition coefficient (Wildman–Crippen LogP) is 4.62. The monoisotopic (exact) mass is 377 g/mol. The molecule has 0 aliphatic heterocycles. The van der Waals surface area contributed by atoms with Crippen LogP contribution in [0.2, 0.25) is 5.02 Å². The van der Waals surface area contributed by atoms with Crippen LogP contribution < -0.4 is 5.32 Å². The number of thioether (sulfide) groups is 1. The molecule has 0 fully saturated rings. The number of rotatable bonds is 7. The summed E-state index contributed by atoms with van der Waals surface area (Å²) in [7, 11) is 0. The quantitative estimate of drug-likeness (QED) is 0.565. The summed E-state index contributed by atoms with van der Waals surface area (Å²) >= 11 is 7.36. The zero-order valence-electron chi connectivity index (χ0n) is 14.2. The number of hydrogen-bond acceptors (Lipinski definition) is 4. The lowest BCUT2D eigenvalue weighted by Crippen LogP contribution is -2.21. The van der Waals surface area contributed by atoms with E-state index in [4.69, 9.17) is 16.3 Å². The molecule has 0 saturated heterocycles. The molecule has 2 aromatic rings. The van der Waals surface area contributed by atoms with Crippen LogP contribution in [0.5, 0.6) is 0 Å². The van der Waals surface area contributed by atoms with Gasteiger partial charge in [-0.05, 0) is 55.3 Å². The third kappa shape index (κ3) is 6.44. The first kappa shape index (κ1) is 19.3. The number of aryl methyl sites for hydroxylation is 1. The molecule has 4 nitrogen and oxygen atoms in total. The zero-order valence-corrected chi connectivity index (χ0v) is 15.7. The van der Waals surface area contributed by atoms with Crippen molar-refractivity contribution in [3.63, 3.8) is 0 Å². The number of esters is 1. The van der Waals surface area contributed by atoms with Crippen molar-refractivity contribution < 1.29 is 14.3 Å². The largest absolute Gasteiger partial charge is 0.456 e. The van der Waals surface area contributed by atoms with Gasteiger partial charge in [0.05, 0.1) is 6.42 Å². The Morgan fingerprint density at radius 3 is 2.56 bits per heavy atom. The van der Waals surface area contributed by atoms with Crippen molar-refractivity contribution >= 4 is 40.9 Å². The van der Waals surface area contributed by atoms with E-state index in [1.54, 1.807) is 12.1 Å². The first-order valence-corrected chi connectivity index (χ1v) is 9.22. The molecule has 0 radical (unpaired) electrons. The highest BCUT2D eigenvalue weighted by atomic mass is 35.5. The van der Waals surface area contributed by atoms with Crippen molar-refractivity contribution in [1.29, 1.82) is 0 Å². The second-order valence-electron chi connectivity index (χ2n) is 5.51. The molecule has 0 saturated carbocycles. The molecule has 0 heterocycles. The van der Waals surface area contributed by atoms with E-state index in [1.165, 1.54) is 11.8 Å². The Morgan fingerprint density at radius 1 is 1.12 bits per heavy atom. The fourth-order valence-electron chi connectivity index (χ4n) is 2.07. The Morgan fingerprint density at radius 2 is 1.84 bits per heavy atom. The molecule has 132 valence electrons. The van der Waals surface area contributed by atoms with Crippen LogP contribution >= 0.6 is 23.4 Å². The van der Waals surface area contributed by atoms with Crippen molar-refractivity contribution in [2.75, 3.05) is 17.7 Å². The van der Waals surface area contributed by atoms with Crippen molar-refractivity contribution in [3.05, 3.63) is 58.6 Å². The van der Waals surface area contributed by atoms with E-state index in [2.05, 4.69) is 5.32 Å². The fraction of sp³-hybridized carbons (Fsp3) is 0.263. The number of nitrogens with one attached hydrogen (secondary N) is 1. The van der Waals surface area contributed by atoms with E-state index >= 15 is 0 Å². The molecule has 0 aromatic heterocycles. The molecule has 0 aliphatic carbocycles. The van der Waals surface area contributed by atoms with Gasteiger partial charge in [-0.15, -0.1) is 11.8 Å². The summed E-state index contributed by atoms with van der Waals surface area (Å²) in [6.07, 6.45) is 0.240. The smallest absolute Gasteiger partial charge is 0.307 e. The number of halogens is 1. The predicted molar refractivity (Wildman–Crippen MR) is 102 cm³/mol. The Balaban J connectivity index is 1.69. The molecule has 0 aliphatic rings. The van der Waals surface area contributed by atoms with Gasteiger partial charge in [0.2, 0.25) is 0 Å². The van der Waals surface area contributed by atoms with Crippen LogP contribution in [0, 0.1) is 13.8 Å². The number of amides is 1. The lowest BCUT2D eigenvalue weighted by molar-refractivity contribution is -0.146. The molecular weight excluding hydrogens is 358 g/mol. The molecule has 0 atom stereocenters. The van der Waals surface area contributed by atoms with Crippen LogP contribution in [0.1, 0.15) is 17.5 Å². The van der Waals surface area contributed by atoms with Gasteiger partial charge in [0, 0.05) is 21.4 Å². The van der Waals surface area contributed by atoms with Gasteiger partial charge in [0.1, 0.15) is 0 Å². The first-order chi connectivity index (χ1) is 12.0. The van der Waals surface area contributed by atoms with Gasteiger partial charge < -0.3 is 10.1 Å². The first-order valence-electron chi connectivity index (χ1n) is 7.86. The van der Waals surface area contributed by atoms with Gasteiger partial charge in [-0.1, -0.05) is 23.7 Å². The maximum atomic E-state index is 11.9. The van der Waals surface area contributed by atoms with Crippen molar-refractivity contribution in [3.8, 4) is 0 Å². The van der Waals surface area contributed by atoms with Gasteiger partial charge in [0.25, 0.3) is 5.91 Å². The molecule has 2 rings (SSSR count). The maximum absolute atomic E-state index is 11.9. The van der Waals surface area contributed by atoms with Gasteiger partial charge in [-0.2, -0.15) is 0 Å². The van der Waals surface area contributed by atoms with Crippen LogP contribution in [-0.4, -0.2) is 24.2 Å². The summed E-state index contributed by atoms with van der Waals surface area (Å²) in [6.45, 7) is 3.63. The summed E-state index contributed by atoms with van der Waals surface area (Å²) in [4.78, 5) is 24.7. The Bertz CT molecular complexity index is 747. The minimum atomic E-state index is -0.391. The van der Waals surface area contributed by atoms with Crippen molar-refractivity contribution in [2.24, 2.45) is 0 Å². The van der Waals surface area contributed by atoms with E-state index < -0.39 is 5.97 Å². The zero-order chi connectivity index (χ0) is 18.2. The minimum absolute atomic E-state index is 0.240. The summed E-state index contributed by atoms with van der Waals surface area (Å²) in [5.74, 6) is -0.149. The van der Waals surface area contributed by atoms with Crippen LogP contribution in [0.4, 0.5) is 5.69 Å². The molecule has 0 spiro atoms. The van der Waals surface area contributed by atoms with Gasteiger partial charge in [-0.3, -0.25) is 9.59 Å². The summed E-state index contributed by atoms with van der Waals surface area (Å²) < 4.78 is 5.02.